The summed E-state index contributed by atoms with van der Waals surface area (Å²) in [6, 6.07) is 14.0. The van der Waals surface area contributed by atoms with Crippen LogP contribution in [0.1, 0.15) is 0 Å². The zero-order valence-electron chi connectivity index (χ0n) is 9.19. The highest BCUT2D eigenvalue weighted by Crippen LogP contribution is 2.16. The number of nitrogens with one attached hydrogen (secondary N) is 1. The van der Waals surface area contributed by atoms with E-state index in [4.69, 9.17) is 16.3 Å². The maximum absolute atomic E-state index is 11.6. The standard InChI is InChI=1S/C13H9ClINO2/c14-9-1-5-11(6-2-9)16-13(17)18-12-7-3-10(15)4-8-12/h1-8H,(H,16,17). The Bertz CT molecular complexity index is 490. The minimum atomic E-state index is -0.529. The van der Waals surface area contributed by atoms with Crippen molar-refractivity contribution >= 4 is 46.0 Å². The maximum atomic E-state index is 11.6. The van der Waals surface area contributed by atoms with Crippen molar-refractivity contribution < 1.29 is 9.53 Å². The zero-order chi connectivity index (χ0) is 13.0. The lowest BCUT2D eigenvalue weighted by Crippen LogP contribution is -2.16. The van der Waals surface area contributed by atoms with E-state index in [0.717, 1.165) is 3.57 Å². The summed E-state index contributed by atoms with van der Waals surface area (Å²) < 4.78 is 6.20. The molecule has 0 atom stereocenters. The number of ether oxygens (including phenoxy) is 1. The van der Waals surface area contributed by atoms with Crippen LogP contribution in [-0.2, 0) is 0 Å². The van der Waals surface area contributed by atoms with Crippen molar-refractivity contribution in [1.29, 1.82) is 0 Å². The van der Waals surface area contributed by atoms with Gasteiger partial charge in [-0.2, -0.15) is 0 Å². The van der Waals surface area contributed by atoms with E-state index >= 15 is 0 Å². The van der Waals surface area contributed by atoms with E-state index in [1.807, 2.05) is 12.1 Å². The van der Waals surface area contributed by atoms with Crippen molar-refractivity contribution in [2.45, 2.75) is 0 Å². The third-order valence-electron chi connectivity index (χ3n) is 2.11. The van der Waals surface area contributed by atoms with Crippen LogP contribution in [0.2, 0.25) is 5.02 Å². The Balaban J connectivity index is 1.96. The van der Waals surface area contributed by atoms with Crippen molar-refractivity contribution in [2.24, 2.45) is 0 Å². The Hall–Kier alpha value is -1.27. The Labute approximate surface area is 123 Å². The average Bonchev–Trinajstić information content (AvgIpc) is 2.35. The van der Waals surface area contributed by atoms with Crippen LogP contribution in [0.25, 0.3) is 0 Å². The highest BCUT2D eigenvalue weighted by Gasteiger charge is 2.04. The fraction of sp³-hybridized carbons (Fsp3) is 0. The molecule has 0 saturated carbocycles. The fourth-order valence-electron chi connectivity index (χ4n) is 1.29. The van der Waals surface area contributed by atoms with Crippen LogP contribution in [0.4, 0.5) is 10.5 Å². The first kappa shape index (κ1) is 13.2. The molecule has 0 unspecified atom stereocenters. The summed E-state index contributed by atoms with van der Waals surface area (Å²) in [4.78, 5) is 11.6. The summed E-state index contributed by atoms with van der Waals surface area (Å²) in [7, 11) is 0. The Morgan fingerprint density at radius 2 is 1.67 bits per heavy atom. The molecule has 0 aromatic heterocycles. The monoisotopic (exact) mass is 373 g/mol. The predicted molar refractivity (Wildman–Crippen MR) is 80.3 cm³/mol. The Morgan fingerprint density at radius 3 is 2.28 bits per heavy atom. The van der Waals surface area contributed by atoms with Crippen LogP contribution in [0.5, 0.6) is 5.75 Å². The van der Waals surface area contributed by atoms with E-state index in [0.29, 0.717) is 16.5 Å². The van der Waals surface area contributed by atoms with Gasteiger partial charge in [-0.3, -0.25) is 5.32 Å². The number of hydrogen-bond donors (Lipinski definition) is 1. The molecule has 2 aromatic rings. The molecule has 2 rings (SSSR count). The molecule has 92 valence electrons. The van der Waals surface area contributed by atoms with Gasteiger partial charge in [0.05, 0.1) is 0 Å². The topological polar surface area (TPSA) is 38.3 Å². The summed E-state index contributed by atoms with van der Waals surface area (Å²) >= 11 is 7.93. The van der Waals surface area contributed by atoms with Gasteiger partial charge in [0, 0.05) is 14.3 Å². The molecule has 5 heteroatoms. The van der Waals surface area contributed by atoms with Gasteiger partial charge in [-0.25, -0.2) is 4.79 Å². The van der Waals surface area contributed by atoms with Gasteiger partial charge in [0.2, 0.25) is 0 Å². The smallest absolute Gasteiger partial charge is 0.410 e. The van der Waals surface area contributed by atoms with Crippen molar-refractivity contribution in [3.63, 3.8) is 0 Å². The van der Waals surface area contributed by atoms with Crippen LogP contribution in [0.15, 0.2) is 48.5 Å². The molecule has 0 fully saturated rings. The van der Waals surface area contributed by atoms with Gasteiger partial charge in [0.25, 0.3) is 0 Å². The average molecular weight is 374 g/mol. The van der Waals surface area contributed by atoms with Gasteiger partial charge >= 0.3 is 6.09 Å². The summed E-state index contributed by atoms with van der Waals surface area (Å²) in [5.74, 6) is 0.502. The van der Waals surface area contributed by atoms with Gasteiger partial charge < -0.3 is 4.74 Å². The minimum absolute atomic E-state index is 0.502. The van der Waals surface area contributed by atoms with E-state index in [-0.39, 0.29) is 0 Å². The molecule has 1 amide bonds. The van der Waals surface area contributed by atoms with Gasteiger partial charge in [0.15, 0.2) is 0 Å². The zero-order valence-corrected chi connectivity index (χ0v) is 12.1. The second-order valence-corrected chi connectivity index (χ2v) is 5.16. The lowest BCUT2D eigenvalue weighted by Gasteiger charge is -2.06. The number of halogens is 2. The third-order valence-corrected chi connectivity index (χ3v) is 3.09. The molecular formula is C13H9ClINO2. The van der Waals surface area contributed by atoms with Crippen LogP contribution in [-0.4, -0.2) is 6.09 Å². The van der Waals surface area contributed by atoms with E-state index in [1.54, 1.807) is 36.4 Å². The molecule has 0 aliphatic rings. The first-order chi connectivity index (χ1) is 8.63. The minimum Gasteiger partial charge on any atom is -0.410 e. The Morgan fingerprint density at radius 1 is 1.06 bits per heavy atom. The van der Waals surface area contributed by atoms with Crippen molar-refractivity contribution in [2.75, 3.05) is 5.32 Å². The molecule has 0 aliphatic carbocycles. The highest BCUT2D eigenvalue weighted by atomic mass is 127. The lowest BCUT2D eigenvalue weighted by atomic mass is 10.3. The number of benzene rings is 2. The quantitative estimate of drug-likeness (QED) is 0.784. The normalized spacial score (nSPS) is 9.89. The molecule has 2 aromatic carbocycles. The van der Waals surface area contributed by atoms with Gasteiger partial charge in [0.1, 0.15) is 5.75 Å². The van der Waals surface area contributed by atoms with Crippen LogP contribution < -0.4 is 10.1 Å². The number of carbonyl (C=O) groups excluding carboxylic acids is 1. The number of anilines is 1. The van der Waals surface area contributed by atoms with Gasteiger partial charge in [-0.1, -0.05) is 11.6 Å². The summed E-state index contributed by atoms with van der Waals surface area (Å²) in [6.45, 7) is 0. The molecule has 0 saturated heterocycles. The molecular weight excluding hydrogens is 365 g/mol. The van der Waals surface area contributed by atoms with Crippen molar-refractivity contribution in [3.8, 4) is 5.75 Å². The second kappa shape index (κ2) is 6.06. The van der Waals surface area contributed by atoms with E-state index in [1.165, 1.54) is 0 Å². The van der Waals surface area contributed by atoms with E-state index in [2.05, 4.69) is 27.9 Å². The molecule has 18 heavy (non-hydrogen) atoms. The number of rotatable bonds is 2. The predicted octanol–water partition coefficient (Wildman–Crippen LogP) is 4.56. The third kappa shape index (κ3) is 3.89. The van der Waals surface area contributed by atoms with Crippen LogP contribution in [0, 0.1) is 3.57 Å². The molecule has 0 spiro atoms. The van der Waals surface area contributed by atoms with E-state index < -0.39 is 6.09 Å². The summed E-state index contributed by atoms with van der Waals surface area (Å²) in [5.41, 5.74) is 0.634. The van der Waals surface area contributed by atoms with Crippen LogP contribution in [0.3, 0.4) is 0 Å². The largest absolute Gasteiger partial charge is 0.417 e. The highest BCUT2D eigenvalue weighted by molar-refractivity contribution is 14.1. The second-order valence-electron chi connectivity index (χ2n) is 3.48. The molecule has 0 bridgehead atoms. The van der Waals surface area contributed by atoms with Crippen LogP contribution >= 0.6 is 34.2 Å². The number of amides is 1. The number of carbonyl (C=O) groups is 1. The summed E-state index contributed by atoms with van der Waals surface area (Å²) in [5, 5.41) is 3.23. The molecule has 3 nitrogen and oxygen atoms in total. The van der Waals surface area contributed by atoms with Gasteiger partial charge in [-0.05, 0) is 71.1 Å². The fourth-order valence-corrected chi connectivity index (χ4v) is 1.77. The van der Waals surface area contributed by atoms with Crippen molar-refractivity contribution in [1.82, 2.24) is 0 Å². The van der Waals surface area contributed by atoms with E-state index in [9.17, 15) is 4.79 Å². The first-order valence-electron chi connectivity index (χ1n) is 5.13. The maximum Gasteiger partial charge on any atom is 0.417 e. The summed E-state index contributed by atoms with van der Waals surface area (Å²) in [6.07, 6.45) is -0.529. The molecule has 0 heterocycles. The molecule has 0 radical (unpaired) electrons. The molecule has 1 N–H and O–H groups in total. The lowest BCUT2D eigenvalue weighted by molar-refractivity contribution is 0.215. The van der Waals surface area contributed by atoms with Crippen molar-refractivity contribution in [3.05, 3.63) is 57.1 Å². The SMILES string of the molecule is O=C(Nc1ccc(Cl)cc1)Oc1ccc(I)cc1. The van der Waals surface area contributed by atoms with Gasteiger partial charge in [-0.15, -0.1) is 0 Å². The first-order valence-corrected chi connectivity index (χ1v) is 6.59. The molecule has 0 aliphatic heterocycles. The number of hydrogen-bond acceptors (Lipinski definition) is 2. The Kier molecular flexibility index (Phi) is 4.43.